The minimum atomic E-state index is -0.374. The highest BCUT2D eigenvalue weighted by atomic mass is 16.5. The van der Waals surface area contributed by atoms with Crippen molar-refractivity contribution in [1.29, 1.82) is 0 Å². The van der Waals surface area contributed by atoms with Crippen LogP contribution in [-0.2, 0) is 9.53 Å². The van der Waals surface area contributed by atoms with E-state index in [9.17, 15) is 4.79 Å². The van der Waals surface area contributed by atoms with Crippen LogP contribution in [0.25, 0.3) is 0 Å². The van der Waals surface area contributed by atoms with Crippen molar-refractivity contribution in [1.82, 2.24) is 5.32 Å². The molecule has 2 N–H and O–H groups in total. The Labute approximate surface area is 85.6 Å². The minimum absolute atomic E-state index is 0.0109. The van der Waals surface area contributed by atoms with E-state index in [2.05, 4.69) is 12.2 Å². The number of hydrogen-bond acceptors (Lipinski definition) is 4. The monoisotopic (exact) mass is 203 g/mol. The molecule has 4 nitrogen and oxygen atoms in total. The molecule has 14 heavy (non-hydrogen) atoms. The number of aliphatic hydroxyl groups is 1. The second kappa shape index (κ2) is 6.79. The van der Waals surface area contributed by atoms with Crippen LogP contribution < -0.4 is 5.32 Å². The van der Waals surface area contributed by atoms with Crippen LogP contribution >= 0.6 is 0 Å². The fourth-order valence-corrected chi connectivity index (χ4v) is 0.995. The predicted octanol–water partition coefficient (Wildman–Crippen LogP) is 0.548. The number of nitrogens with one attached hydrogen (secondary N) is 1. The van der Waals surface area contributed by atoms with Crippen LogP contribution in [0.5, 0.6) is 0 Å². The predicted molar refractivity (Wildman–Crippen MR) is 55.0 cm³/mol. The molecule has 0 aromatic rings. The van der Waals surface area contributed by atoms with Gasteiger partial charge in [0.25, 0.3) is 0 Å². The maximum Gasteiger partial charge on any atom is 0.302 e. The van der Waals surface area contributed by atoms with E-state index in [1.807, 2.05) is 6.92 Å². The minimum Gasteiger partial charge on any atom is -0.465 e. The van der Waals surface area contributed by atoms with Crippen molar-refractivity contribution in [3.05, 3.63) is 0 Å². The third kappa shape index (κ3) is 5.94. The number of hydrogen-bond donors (Lipinski definition) is 2. The maximum absolute atomic E-state index is 10.6. The molecule has 0 aromatic heterocycles. The SMILES string of the molecule is CCCNCC(C)(CO)COC(C)=O. The van der Waals surface area contributed by atoms with Gasteiger partial charge < -0.3 is 15.2 Å². The molecule has 0 aliphatic carbocycles. The van der Waals surface area contributed by atoms with Crippen LogP contribution in [0.1, 0.15) is 27.2 Å². The number of rotatable bonds is 7. The first-order chi connectivity index (χ1) is 6.54. The van der Waals surface area contributed by atoms with E-state index >= 15 is 0 Å². The molecule has 4 heteroatoms. The third-order valence-electron chi connectivity index (χ3n) is 1.98. The Morgan fingerprint density at radius 2 is 2.21 bits per heavy atom. The van der Waals surface area contributed by atoms with Crippen molar-refractivity contribution in [2.24, 2.45) is 5.41 Å². The van der Waals surface area contributed by atoms with Crippen LogP contribution in [0.3, 0.4) is 0 Å². The zero-order valence-corrected chi connectivity index (χ0v) is 9.30. The van der Waals surface area contributed by atoms with Crippen molar-refractivity contribution in [3.8, 4) is 0 Å². The van der Waals surface area contributed by atoms with E-state index in [0.717, 1.165) is 13.0 Å². The lowest BCUT2D eigenvalue weighted by Crippen LogP contribution is -2.39. The number of carbonyl (C=O) groups excluding carboxylic acids is 1. The van der Waals surface area contributed by atoms with Gasteiger partial charge in [0.2, 0.25) is 0 Å². The Hall–Kier alpha value is -0.610. The second-order valence-electron chi connectivity index (χ2n) is 3.93. The summed E-state index contributed by atoms with van der Waals surface area (Å²) in [6, 6.07) is 0. The molecule has 0 saturated carbocycles. The van der Waals surface area contributed by atoms with Crippen molar-refractivity contribution < 1.29 is 14.6 Å². The van der Waals surface area contributed by atoms with Gasteiger partial charge in [0, 0.05) is 18.9 Å². The summed E-state index contributed by atoms with van der Waals surface area (Å²) in [4.78, 5) is 10.6. The summed E-state index contributed by atoms with van der Waals surface area (Å²) in [6.07, 6.45) is 1.05. The molecular weight excluding hydrogens is 182 g/mol. The largest absolute Gasteiger partial charge is 0.465 e. The van der Waals surface area contributed by atoms with E-state index in [0.29, 0.717) is 6.54 Å². The molecule has 1 atom stereocenters. The van der Waals surface area contributed by atoms with Crippen LogP contribution in [-0.4, -0.2) is 37.4 Å². The van der Waals surface area contributed by atoms with Crippen molar-refractivity contribution in [3.63, 3.8) is 0 Å². The van der Waals surface area contributed by atoms with Gasteiger partial charge in [-0.3, -0.25) is 4.79 Å². The van der Waals surface area contributed by atoms with Crippen LogP contribution in [0.15, 0.2) is 0 Å². The van der Waals surface area contributed by atoms with E-state index in [4.69, 9.17) is 9.84 Å². The zero-order chi connectivity index (χ0) is 11.0. The molecule has 0 heterocycles. The molecule has 0 radical (unpaired) electrons. The van der Waals surface area contributed by atoms with Crippen LogP contribution in [0.4, 0.5) is 0 Å². The molecular formula is C10H21NO3. The zero-order valence-electron chi connectivity index (χ0n) is 9.30. The van der Waals surface area contributed by atoms with Gasteiger partial charge in [-0.1, -0.05) is 13.8 Å². The first kappa shape index (κ1) is 13.4. The van der Waals surface area contributed by atoms with E-state index < -0.39 is 0 Å². The van der Waals surface area contributed by atoms with E-state index in [-0.39, 0.29) is 24.6 Å². The fourth-order valence-electron chi connectivity index (χ4n) is 0.995. The van der Waals surface area contributed by atoms with Gasteiger partial charge in [0.05, 0.1) is 6.61 Å². The van der Waals surface area contributed by atoms with Gasteiger partial charge in [-0.25, -0.2) is 0 Å². The molecule has 0 aromatic carbocycles. The summed E-state index contributed by atoms with van der Waals surface area (Å²) in [5.41, 5.74) is -0.374. The van der Waals surface area contributed by atoms with Crippen molar-refractivity contribution in [2.45, 2.75) is 27.2 Å². The molecule has 0 rings (SSSR count). The average Bonchev–Trinajstić information content (AvgIpc) is 2.15. The number of carbonyl (C=O) groups is 1. The summed E-state index contributed by atoms with van der Waals surface area (Å²) < 4.78 is 4.89. The second-order valence-corrected chi connectivity index (χ2v) is 3.93. The highest BCUT2D eigenvalue weighted by Crippen LogP contribution is 2.14. The molecule has 0 fully saturated rings. The molecule has 0 spiro atoms. The topological polar surface area (TPSA) is 58.6 Å². The summed E-state index contributed by atoms with van der Waals surface area (Å²) in [5.74, 6) is -0.305. The van der Waals surface area contributed by atoms with Crippen molar-refractivity contribution in [2.75, 3.05) is 26.3 Å². The smallest absolute Gasteiger partial charge is 0.302 e. The molecule has 84 valence electrons. The first-order valence-corrected chi connectivity index (χ1v) is 4.99. The Morgan fingerprint density at radius 1 is 1.57 bits per heavy atom. The van der Waals surface area contributed by atoms with Gasteiger partial charge >= 0.3 is 5.97 Å². The number of esters is 1. The van der Waals surface area contributed by atoms with Gasteiger partial charge in [0.15, 0.2) is 0 Å². The standard InChI is InChI=1S/C10H21NO3/c1-4-5-11-6-10(3,7-12)8-14-9(2)13/h11-12H,4-8H2,1-3H3. The quantitative estimate of drug-likeness (QED) is 0.468. The highest BCUT2D eigenvalue weighted by molar-refractivity contribution is 5.65. The van der Waals surface area contributed by atoms with Gasteiger partial charge in [0.1, 0.15) is 6.61 Å². The van der Waals surface area contributed by atoms with Crippen LogP contribution in [0, 0.1) is 5.41 Å². The number of aliphatic hydroxyl groups excluding tert-OH is 1. The molecule has 1 unspecified atom stereocenters. The van der Waals surface area contributed by atoms with Gasteiger partial charge in [-0.05, 0) is 13.0 Å². The van der Waals surface area contributed by atoms with Gasteiger partial charge in [-0.15, -0.1) is 0 Å². The van der Waals surface area contributed by atoms with Gasteiger partial charge in [-0.2, -0.15) is 0 Å². The third-order valence-corrected chi connectivity index (χ3v) is 1.98. The van der Waals surface area contributed by atoms with E-state index in [1.54, 1.807) is 0 Å². The summed E-state index contributed by atoms with van der Waals surface area (Å²) in [6.45, 7) is 7.18. The average molecular weight is 203 g/mol. The molecule has 0 bridgehead atoms. The Morgan fingerprint density at radius 3 is 2.64 bits per heavy atom. The Balaban J connectivity index is 3.84. The lowest BCUT2D eigenvalue weighted by atomic mass is 9.93. The lowest BCUT2D eigenvalue weighted by Gasteiger charge is -2.26. The summed E-state index contributed by atoms with van der Waals surface area (Å²) in [5, 5.41) is 12.4. The first-order valence-electron chi connectivity index (χ1n) is 4.99. The lowest BCUT2D eigenvalue weighted by molar-refractivity contribution is -0.145. The summed E-state index contributed by atoms with van der Waals surface area (Å²) >= 11 is 0. The molecule has 0 amide bonds. The fraction of sp³-hybridized carbons (Fsp3) is 0.900. The van der Waals surface area contributed by atoms with Crippen molar-refractivity contribution >= 4 is 5.97 Å². The Bertz CT molecular complexity index is 173. The van der Waals surface area contributed by atoms with E-state index in [1.165, 1.54) is 6.92 Å². The molecule has 0 aliphatic rings. The molecule has 0 saturated heterocycles. The summed E-state index contributed by atoms with van der Waals surface area (Å²) in [7, 11) is 0. The Kier molecular flexibility index (Phi) is 6.49. The maximum atomic E-state index is 10.6. The molecule has 0 aliphatic heterocycles. The highest BCUT2D eigenvalue weighted by Gasteiger charge is 2.24. The number of ether oxygens (including phenoxy) is 1. The normalized spacial score (nSPS) is 14.9. The van der Waals surface area contributed by atoms with Crippen LogP contribution in [0.2, 0.25) is 0 Å².